The summed E-state index contributed by atoms with van der Waals surface area (Å²) in [5.41, 5.74) is 0.712. The lowest BCUT2D eigenvalue weighted by molar-refractivity contribution is -0.123. The van der Waals surface area contributed by atoms with E-state index in [9.17, 15) is 9.18 Å². The van der Waals surface area contributed by atoms with Crippen LogP contribution in [0.15, 0.2) is 18.2 Å². The van der Waals surface area contributed by atoms with Crippen LogP contribution in [0.2, 0.25) is 0 Å². The monoisotopic (exact) mass is 281 g/mol. The van der Waals surface area contributed by atoms with Crippen LogP contribution in [0.5, 0.6) is 5.75 Å². The normalized spacial score (nSPS) is 19.6. The fraction of sp³-hybridized carbons (Fsp3) is 0.533. The van der Waals surface area contributed by atoms with Crippen molar-refractivity contribution in [1.82, 2.24) is 5.32 Å². The zero-order valence-corrected chi connectivity index (χ0v) is 11.8. The van der Waals surface area contributed by atoms with Crippen molar-refractivity contribution in [2.75, 3.05) is 13.7 Å². The summed E-state index contributed by atoms with van der Waals surface area (Å²) in [4.78, 5) is 11.9. The third-order valence-electron chi connectivity index (χ3n) is 3.49. The molecule has 1 aromatic rings. The highest BCUT2D eigenvalue weighted by Crippen LogP contribution is 2.22. The molecule has 5 heteroatoms. The van der Waals surface area contributed by atoms with Gasteiger partial charge in [-0.1, -0.05) is 6.07 Å². The van der Waals surface area contributed by atoms with Gasteiger partial charge in [-0.3, -0.25) is 4.79 Å². The lowest BCUT2D eigenvalue weighted by Crippen LogP contribution is -2.29. The molecular formula is C15H20FNO3. The molecular weight excluding hydrogens is 261 g/mol. The maximum absolute atomic E-state index is 13.6. The minimum absolute atomic E-state index is 0.0230. The predicted octanol–water partition coefficient (Wildman–Crippen LogP) is 2.58. The Morgan fingerprint density at radius 3 is 3.00 bits per heavy atom. The Labute approximate surface area is 118 Å². The minimum Gasteiger partial charge on any atom is -0.494 e. The van der Waals surface area contributed by atoms with E-state index in [-0.39, 0.29) is 23.8 Å². The van der Waals surface area contributed by atoms with Crippen LogP contribution in [-0.4, -0.2) is 25.7 Å². The van der Waals surface area contributed by atoms with E-state index in [1.54, 1.807) is 12.1 Å². The zero-order valence-electron chi connectivity index (χ0n) is 11.8. The minimum atomic E-state index is -0.426. The molecule has 1 aromatic carbocycles. The smallest absolute Gasteiger partial charge is 0.223 e. The lowest BCUT2D eigenvalue weighted by Gasteiger charge is -2.16. The van der Waals surface area contributed by atoms with Crippen molar-refractivity contribution in [2.45, 2.75) is 38.3 Å². The number of rotatable bonds is 5. The van der Waals surface area contributed by atoms with Crippen LogP contribution in [0, 0.1) is 5.82 Å². The van der Waals surface area contributed by atoms with Crippen LogP contribution in [0.4, 0.5) is 4.39 Å². The SMILES string of the molecule is COc1ccc(C(C)NC(=O)CC2CCCO2)cc1F. The number of halogens is 1. The summed E-state index contributed by atoms with van der Waals surface area (Å²) in [5.74, 6) is -0.294. The molecule has 1 fully saturated rings. The molecule has 0 radical (unpaired) electrons. The van der Waals surface area contributed by atoms with Crippen LogP contribution in [0.1, 0.15) is 37.8 Å². The number of hydrogen-bond acceptors (Lipinski definition) is 3. The molecule has 0 aliphatic carbocycles. The number of carbonyl (C=O) groups is 1. The van der Waals surface area contributed by atoms with Crippen LogP contribution >= 0.6 is 0 Å². The largest absolute Gasteiger partial charge is 0.494 e. The van der Waals surface area contributed by atoms with E-state index in [4.69, 9.17) is 9.47 Å². The van der Waals surface area contributed by atoms with Gasteiger partial charge in [0.25, 0.3) is 0 Å². The number of amides is 1. The lowest BCUT2D eigenvalue weighted by atomic mass is 10.1. The Morgan fingerprint density at radius 2 is 2.40 bits per heavy atom. The highest BCUT2D eigenvalue weighted by Gasteiger charge is 2.20. The molecule has 0 saturated carbocycles. The molecule has 4 nitrogen and oxygen atoms in total. The number of hydrogen-bond donors (Lipinski definition) is 1. The van der Waals surface area contributed by atoms with Crippen molar-refractivity contribution < 1.29 is 18.7 Å². The summed E-state index contributed by atoms with van der Waals surface area (Å²) in [6, 6.07) is 4.45. The second-order valence-corrected chi connectivity index (χ2v) is 5.02. The van der Waals surface area contributed by atoms with Gasteiger partial charge in [-0.05, 0) is 37.5 Å². The summed E-state index contributed by atoms with van der Waals surface area (Å²) in [7, 11) is 1.42. The molecule has 110 valence electrons. The van der Waals surface area contributed by atoms with E-state index < -0.39 is 5.82 Å². The zero-order chi connectivity index (χ0) is 14.5. The number of methoxy groups -OCH3 is 1. The van der Waals surface area contributed by atoms with Crippen molar-refractivity contribution in [2.24, 2.45) is 0 Å². The van der Waals surface area contributed by atoms with Crippen LogP contribution in [-0.2, 0) is 9.53 Å². The Hall–Kier alpha value is -1.62. The first-order valence-corrected chi connectivity index (χ1v) is 6.84. The Morgan fingerprint density at radius 1 is 1.60 bits per heavy atom. The van der Waals surface area contributed by atoms with Gasteiger partial charge in [0.1, 0.15) is 0 Å². The maximum Gasteiger partial charge on any atom is 0.223 e. The third-order valence-corrected chi connectivity index (χ3v) is 3.49. The molecule has 1 amide bonds. The van der Waals surface area contributed by atoms with E-state index in [2.05, 4.69) is 5.32 Å². The van der Waals surface area contributed by atoms with Gasteiger partial charge in [0.05, 0.1) is 25.7 Å². The third kappa shape index (κ3) is 3.70. The molecule has 20 heavy (non-hydrogen) atoms. The van der Waals surface area contributed by atoms with Crippen molar-refractivity contribution in [3.05, 3.63) is 29.6 Å². The summed E-state index contributed by atoms with van der Waals surface area (Å²) in [6.45, 7) is 2.56. The second kappa shape index (κ2) is 6.70. The second-order valence-electron chi connectivity index (χ2n) is 5.02. The Bertz CT molecular complexity index is 472. The van der Waals surface area contributed by atoms with Gasteiger partial charge in [0, 0.05) is 6.61 Å². The Balaban J connectivity index is 1.91. The average molecular weight is 281 g/mol. The summed E-state index contributed by atoms with van der Waals surface area (Å²) < 4.78 is 23.9. The van der Waals surface area contributed by atoms with Gasteiger partial charge in [-0.25, -0.2) is 4.39 Å². The van der Waals surface area contributed by atoms with Crippen LogP contribution < -0.4 is 10.1 Å². The molecule has 2 unspecified atom stereocenters. The molecule has 0 spiro atoms. The number of benzene rings is 1. The van der Waals surface area contributed by atoms with E-state index >= 15 is 0 Å². The molecule has 0 bridgehead atoms. The van der Waals surface area contributed by atoms with Gasteiger partial charge in [-0.2, -0.15) is 0 Å². The topological polar surface area (TPSA) is 47.6 Å². The maximum atomic E-state index is 13.6. The molecule has 2 atom stereocenters. The van der Waals surface area contributed by atoms with E-state index in [1.165, 1.54) is 13.2 Å². The fourth-order valence-corrected chi connectivity index (χ4v) is 2.35. The van der Waals surface area contributed by atoms with Crippen molar-refractivity contribution >= 4 is 5.91 Å². The first-order chi connectivity index (χ1) is 9.60. The Kier molecular flexibility index (Phi) is 4.95. The van der Waals surface area contributed by atoms with Crippen LogP contribution in [0.25, 0.3) is 0 Å². The number of ether oxygens (including phenoxy) is 2. The summed E-state index contributed by atoms with van der Waals surface area (Å²) in [5, 5.41) is 2.86. The van der Waals surface area contributed by atoms with Crippen molar-refractivity contribution in [3.63, 3.8) is 0 Å². The van der Waals surface area contributed by atoms with Gasteiger partial charge < -0.3 is 14.8 Å². The fourth-order valence-electron chi connectivity index (χ4n) is 2.35. The highest BCUT2D eigenvalue weighted by molar-refractivity contribution is 5.77. The van der Waals surface area contributed by atoms with E-state index in [1.807, 2.05) is 6.92 Å². The molecule has 1 N–H and O–H groups in total. The highest BCUT2D eigenvalue weighted by atomic mass is 19.1. The standard InChI is InChI=1S/C15H20FNO3/c1-10(11-5-6-14(19-2)13(16)8-11)17-15(18)9-12-4-3-7-20-12/h5-6,8,10,12H,3-4,7,9H2,1-2H3,(H,17,18). The number of nitrogens with one attached hydrogen (secondary N) is 1. The molecule has 1 saturated heterocycles. The van der Waals surface area contributed by atoms with Crippen molar-refractivity contribution in [3.8, 4) is 5.75 Å². The van der Waals surface area contributed by atoms with Gasteiger partial charge >= 0.3 is 0 Å². The molecule has 0 aromatic heterocycles. The van der Waals surface area contributed by atoms with Gasteiger partial charge in [0.2, 0.25) is 5.91 Å². The quantitative estimate of drug-likeness (QED) is 0.902. The van der Waals surface area contributed by atoms with Crippen LogP contribution in [0.3, 0.4) is 0 Å². The molecule has 1 aliphatic rings. The molecule has 1 aliphatic heterocycles. The van der Waals surface area contributed by atoms with E-state index in [0.717, 1.165) is 19.4 Å². The van der Waals surface area contributed by atoms with E-state index in [0.29, 0.717) is 12.0 Å². The van der Waals surface area contributed by atoms with Crippen molar-refractivity contribution in [1.29, 1.82) is 0 Å². The molecule has 1 heterocycles. The van der Waals surface area contributed by atoms with Gasteiger partial charge in [0.15, 0.2) is 11.6 Å². The average Bonchev–Trinajstić information content (AvgIpc) is 2.91. The first-order valence-electron chi connectivity index (χ1n) is 6.84. The summed E-state index contributed by atoms with van der Waals surface area (Å²) in [6.07, 6.45) is 2.33. The molecule has 2 rings (SSSR count). The predicted molar refractivity (Wildman–Crippen MR) is 73.1 cm³/mol. The first kappa shape index (κ1) is 14.8. The summed E-state index contributed by atoms with van der Waals surface area (Å²) >= 11 is 0. The number of carbonyl (C=O) groups excluding carboxylic acids is 1. The van der Waals surface area contributed by atoms with Gasteiger partial charge in [-0.15, -0.1) is 0 Å².